The minimum Gasteiger partial charge on any atom is -0.489 e. The van der Waals surface area contributed by atoms with E-state index < -0.39 is 5.82 Å². The van der Waals surface area contributed by atoms with Crippen molar-refractivity contribution in [2.75, 3.05) is 13.7 Å². The standard InChI is InChI=1S/C20H21FN4O3/c1-11-7-14-15(24-11)5-6-16(18(14)21)28-20-19-13(3)17(27-9-12(2)26-4)8-25(19)23-10-22-20/h5-8,10,12,24H,9H2,1-4H3/t12-/m1/s1. The maximum absolute atomic E-state index is 14.9. The highest BCUT2D eigenvalue weighted by molar-refractivity contribution is 5.83. The third kappa shape index (κ3) is 3.16. The van der Waals surface area contributed by atoms with Gasteiger partial charge in [-0.15, -0.1) is 0 Å². The number of hydrogen-bond donors (Lipinski definition) is 1. The number of rotatable bonds is 6. The van der Waals surface area contributed by atoms with Gasteiger partial charge in [0, 0.05) is 29.3 Å². The summed E-state index contributed by atoms with van der Waals surface area (Å²) in [5, 5.41) is 4.68. The Labute approximate surface area is 161 Å². The van der Waals surface area contributed by atoms with Gasteiger partial charge < -0.3 is 19.2 Å². The van der Waals surface area contributed by atoms with Crippen molar-refractivity contribution in [1.82, 2.24) is 19.6 Å². The highest BCUT2D eigenvalue weighted by Gasteiger charge is 2.18. The third-order valence-electron chi connectivity index (χ3n) is 4.67. The molecule has 4 rings (SSSR count). The number of methoxy groups -OCH3 is 1. The first-order valence-corrected chi connectivity index (χ1v) is 8.92. The maximum atomic E-state index is 14.9. The molecule has 4 aromatic rings. The fraction of sp³-hybridized carbons (Fsp3) is 0.300. The molecule has 1 N–H and O–H groups in total. The highest BCUT2D eigenvalue weighted by atomic mass is 19.1. The van der Waals surface area contributed by atoms with Crippen LogP contribution in [0.5, 0.6) is 17.4 Å². The lowest BCUT2D eigenvalue weighted by molar-refractivity contribution is 0.0715. The number of nitrogens with one attached hydrogen (secondary N) is 1. The minimum atomic E-state index is -0.437. The monoisotopic (exact) mass is 384 g/mol. The summed E-state index contributed by atoms with van der Waals surface area (Å²) in [7, 11) is 1.63. The van der Waals surface area contributed by atoms with Gasteiger partial charge in [0.15, 0.2) is 11.6 Å². The summed E-state index contributed by atoms with van der Waals surface area (Å²) in [4.78, 5) is 7.31. The van der Waals surface area contributed by atoms with Crippen LogP contribution in [0.25, 0.3) is 16.4 Å². The van der Waals surface area contributed by atoms with Crippen molar-refractivity contribution in [2.24, 2.45) is 0 Å². The van der Waals surface area contributed by atoms with Gasteiger partial charge in [-0.1, -0.05) is 0 Å². The van der Waals surface area contributed by atoms with Crippen LogP contribution in [0.1, 0.15) is 18.2 Å². The molecule has 0 aliphatic rings. The maximum Gasteiger partial charge on any atom is 0.247 e. The Morgan fingerprint density at radius 1 is 1.25 bits per heavy atom. The van der Waals surface area contributed by atoms with Gasteiger partial charge in [0.05, 0.1) is 12.3 Å². The quantitative estimate of drug-likeness (QED) is 0.540. The first kappa shape index (κ1) is 18.2. The molecule has 0 bridgehead atoms. The highest BCUT2D eigenvalue weighted by Crippen LogP contribution is 2.34. The SMILES string of the molecule is CO[C@H](C)COc1cn2ncnc(Oc3ccc4[nH]c(C)cc4c3F)c2c1C. The minimum absolute atomic E-state index is 0.0464. The molecule has 0 spiro atoms. The van der Waals surface area contributed by atoms with Crippen LogP contribution in [-0.2, 0) is 4.74 Å². The van der Waals surface area contributed by atoms with Crippen molar-refractivity contribution >= 4 is 16.4 Å². The average Bonchev–Trinajstić information content (AvgIpc) is 3.22. The van der Waals surface area contributed by atoms with E-state index in [1.807, 2.05) is 20.8 Å². The summed E-state index contributed by atoms with van der Waals surface area (Å²) in [6.45, 7) is 6.08. The number of fused-ring (bicyclic) bond motifs is 2. The molecule has 0 aliphatic carbocycles. The molecule has 28 heavy (non-hydrogen) atoms. The summed E-state index contributed by atoms with van der Waals surface area (Å²) >= 11 is 0. The van der Waals surface area contributed by atoms with Crippen molar-refractivity contribution in [2.45, 2.75) is 26.9 Å². The summed E-state index contributed by atoms with van der Waals surface area (Å²) < 4.78 is 33.4. The Bertz CT molecular complexity index is 1150. The Morgan fingerprint density at radius 2 is 2.07 bits per heavy atom. The van der Waals surface area contributed by atoms with Crippen molar-refractivity contribution in [3.05, 3.63) is 47.8 Å². The van der Waals surface area contributed by atoms with E-state index in [0.29, 0.717) is 23.3 Å². The number of hydrogen-bond acceptors (Lipinski definition) is 5. The topological polar surface area (TPSA) is 73.7 Å². The predicted molar refractivity (Wildman–Crippen MR) is 103 cm³/mol. The second-order valence-electron chi connectivity index (χ2n) is 6.73. The molecule has 0 saturated carbocycles. The molecule has 0 amide bonds. The van der Waals surface area contributed by atoms with Gasteiger partial charge in [-0.05, 0) is 39.0 Å². The fourth-order valence-electron chi connectivity index (χ4n) is 3.07. The summed E-state index contributed by atoms with van der Waals surface area (Å²) in [6.07, 6.45) is 3.06. The molecule has 7 nitrogen and oxygen atoms in total. The van der Waals surface area contributed by atoms with Crippen LogP contribution in [-0.4, -0.2) is 39.4 Å². The molecule has 0 unspecified atom stereocenters. The van der Waals surface area contributed by atoms with E-state index in [2.05, 4.69) is 15.1 Å². The van der Waals surface area contributed by atoms with Crippen LogP contribution < -0.4 is 9.47 Å². The summed E-state index contributed by atoms with van der Waals surface area (Å²) in [5.74, 6) is 0.565. The van der Waals surface area contributed by atoms with Crippen molar-refractivity contribution < 1.29 is 18.6 Å². The molecular formula is C20H21FN4O3. The lowest BCUT2D eigenvalue weighted by atomic mass is 10.2. The van der Waals surface area contributed by atoms with Crippen LogP contribution >= 0.6 is 0 Å². The molecule has 3 heterocycles. The number of benzene rings is 1. The fourth-order valence-corrected chi connectivity index (χ4v) is 3.07. The van der Waals surface area contributed by atoms with Gasteiger partial charge in [0.25, 0.3) is 0 Å². The Balaban J connectivity index is 1.71. The van der Waals surface area contributed by atoms with E-state index in [1.54, 1.807) is 36.0 Å². The number of aryl methyl sites for hydroxylation is 2. The van der Waals surface area contributed by atoms with Crippen LogP contribution in [0.2, 0.25) is 0 Å². The van der Waals surface area contributed by atoms with Crippen LogP contribution in [0.4, 0.5) is 4.39 Å². The van der Waals surface area contributed by atoms with Crippen LogP contribution in [0.3, 0.4) is 0 Å². The van der Waals surface area contributed by atoms with Crippen LogP contribution in [0.15, 0.2) is 30.7 Å². The number of halogens is 1. The molecule has 0 aliphatic heterocycles. The summed E-state index contributed by atoms with van der Waals surface area (Å²) in [6, 6.07) is 5.12. The van der Waals surface area contributed by atoms with E-state index in [0.717, 1.165) is 16.8 Å². The third-order valence-corrected chi connectivity index (χ3v) is 4.67. The average molecular weight is 384 g/mol. The molecule has 0 fully saturated rings. The van der Waals surface area contributed by atoms with Gasteiger partial charge in [0.2, 0.25) is 5.88 Å². The molecule has 3 aromatic heterocycles. The predicted octanol–water partition coefficient (Wildman–Crippen LogP) is 4.17. The number of ether oxygens (including phenoxy) is 3. The smallest absolute Gasteiger partial charge is 0.247 e. The Morgan fingerprint density at radius 3 is 2.86 bits per heavy atom. The van der Waals surface area contributed by atoms with Gasteiger partial charge in [-0.25, -0.2) is 8.91 Å². The summed E-state index contributed by atoms with van der Waals surface area (Å²) in [5.41, 5.74) is 3.02. The van der Waals surface area contributed by atoms with E-state index >= 15 is 0 Å². The normalized spacial score (nSPS) is 12.6. The van der Waals surface area contributed by atoms with Crippen molar-refractivity contribution in [1.29, 1.82) is 0 Å². The lowest BCUT2D eigenvalue weighted by Crippen LogP contribution is -2.15. The second-order valence-corrected chi connectivity index (χ2v) is 6.73. The molecule has 0 radical (unpaired) electrons. The van der Waals surface area contributed by atoms with Gasteiger partial charge in [-0.3, -0.25) is 0 Å². The Hall–Kier alpha value is -3.13. The first-order chi connectivity index (χ1) is 13.5. The van der Waals surface area contributed by atoms with E-state index in [-0.39, 0.29) is 17.7 Å². The number of aromatic amines is 1. The van der Waals surface area contributed by atoms with Gasteiger partial charge in [-0.2, -0.15) is 10.1 Å². The number of H-pyrrole nitrogens is 1. The van der Waals surface area contributed by atoms with Gasteiger partial charge in [0.1, 0.15) is 24.2 Å². The molecule has 1 atom stereocenters. The van der Waals surface area contributed by atoms with E-state index in [4.69, 9.17) is 14.2 Å². The molecule has 146 valence electrons. The molecular weight excluding hydrogens is 363 g/mol. The van der Waals surface area contributed by atoms with Gasteiger partial charge >= 0.3 is 0 Å². The lowest BCUT2D eigenvalue weighted by Gasteiger charge is -2.10. The molecule has 8 heteroatoms. The zero-order valence-corrected chi connectivity index (χ0v) is 16.1. The largest absolute Gasteiger partial charge is 0.489 e. The van der Waals surface area contributed by atoms with E-state index in [9.17, 15) is 4.39 Å². The van der Waals surface area contributed by atoms with Crippen molar-refractivity contribution in [3.8, 4) is 17.4 Å². The molecule has 0 saturated heterocycles. The Kier molecular flexibility index (Phi) is 4.64. The van der Waals surface area contributed by atoms with Crippen LogP contribution in [0, 0.1) is 19.7 Å². The van der Waals surface area contributed by atoms with E-state index in [1.165, 1.54) is 6.33 Å². The number of aromatic nitrogens is 4. The van der Waals surface area contributed by atoms with Crippen molar-refractivity contribution in [3.63, 3.8) is 0 Å². The first-order valence-electron chi connectivity index (χ1n) is 8.92. The zero-order chi connectivity index (χ0) is 19.8. The molecule has 1 aromatic carbocycles. The number of nitrogens with zero attached hydrogens (tertiary/aromatic N) is 3. The zero-order valence-electron chi connectivity index (χ0n) is 16.1. The second kappa shape index (κ2) is 7.12.